The van der Waals surface area contributed by atoms with Crippen molar-refractivity contribution in [3.8, 4) is 0 Å². The van der Waals surface area contributed by atoms with Crippen LogP contribution in [0.5, 0.6) is 0 Å². The van der Waals surface area contributed by atoms with E-state index in [1.165, 1.54) is 18.2 Å². The summed E-state index contributed by atoms with van der Waals surface area (Å²) >= 11 is 0. The molecular weight excluding hydrogens is 318 g/mol. The zero-order valence-corrected chi connectivity index (χ0v) is 12.7. The number of nitro benzene ring substituents is 1. The quantitative estimate of drug-likeness (QED) is 0.553. The number of non-ortho nitro benzene ring substituents is 1. The van der Waals surface area contributed by atoms with Crippen molar-refractivity contribution in [3.05, 3.63) is 70.4 Å². The third-order valence-electron chi connectivity index (χ3n) is 3.48. The Morgan fingerprint density at radius 2 is 1.91 bits per heavy atom. The number of sulfonamides is 1. The van der Waals surface area contributed by atoms with Gasteiger partial charge in [-0.15, -0.1) is 0 Å². The summed E-state index contributed by atoms with van der Waals surface area (Å²) in [7, 11) is -3.83. The summed E-state index contributed by atoms with van der Waals surface area (Å²) in [5, 5.41) is 11.7. The van der Waals surface area contributed by atoms with Crippen molar-refractivity contribution in [2.24, 2.45) is 0 Å². The fourth-order valence-corrected chi connectivity index (χ4v) is 3.37. The minimum Gasteiger partial charge on any atom is -0.361 e. The molecule has 2 N–H and O–H groups in total. The molecule has 0 amide bonds. The Kier molecular flexibility index (Phi) is 3.85. The molecule has 3 rings (SSSR count). The molecule has 2 aromatic carbocycles. The van der Waals surface area contributed by atoms with E-state index >= 15 is 0 Å². The van der Waals surface area contributed by atoms with Crippen LogP contribution in [0.3, 0.4) is 0 Å². The molecule has 118 valence electrons. The molecule has 3 aromatic rings. The molecule has 0 saturated carbocycles. The number of benzene rings is 2. The average Bonchev–Trinajstić information content (AvgIpc) is 3.02. The van der Waals surface area contributed by atoms with Crippen LogP contribution in [0.15, 0.2) is 59.6 Å². The molecule has 23 heavy (non-hydrogen) atoms. The zero-order chi connectivity index (χ0) is 16.4. The van der Waals surface area contributed by atoms with Gasteiger partial charge in [0.25, 0.3) is 5.69 Å². The van der Waals surface area contributed by atoms with Gasteiger partial charge in [-0.25, -0.2) is 13.1 Å². The fourth-order valence-electron chi connectivity index (χ4n) is 2.32. The van der Waals surface area contributed by atoms with Crippen LogP contribution in [0.4, 0.5) is 5.69 Å². The topological polar surface area (TPSA) is 105 Å². The van der Waals surface area contributed by atoms with Crippen LogP contribution in [0.1, 0.15) is 5.56 Å². The Morgan fingerprint density at radius 3 is 2.70 bits per heavy atom. The molecular formula is C15H13N3O4S. The molecule has 0 spiro atoms. The van der Waals surface area contributed by atoms with Crippen molar-refractivity contribution in [3.63, 3.8) is 0 Å². The number of nitrogens with zero attached hydrogens (tertiary/aromatic N) is 1. The lowest BCUT2D eigenvalue weighted by molar-refractivity contribution is -0.385. The molecule has 0 unspecified atom stereocenters. The van der Waals surface area contributed by atoms with Gasteiger partial charge >= 0.3 is 0 Å². The largest absolute Gasteiger partial charge is 0.361 e. The van der Waals surface area contributed by atoms with Crippen LogP contribution in [-0.4, -0.2) is 18.3 Å². The van der Waals surface area contributed by atoms with Crippen molar-refractivity contribution in [1.29, 1.82) is 0 Å². The SMILES string of the molecule is O=[N+]([O-])c1cccc(S(=O)(=O)NCc2cccc3[nH]ccc23)c1. The second kappa shape index (κ2) is 5.82. The van der Waals surface area contributed by atoms with E-state index in [4.69, 9.17) is 0 Å². The summed E-state index contributed by atoms with van der Waals surface area (Å²) in [6.07, 6.45) is 1.78. The minimum absolute atomic E-state index is 0.0974. The van der Waals surface area contributed by atoms with Crippen molar-refractivity contribution in [2.75, 3.05) is 0 Å². The highest BCUT2D eigenvalue weighted by Gasteiger charge is 2.17. The van der Waals surface area contributed by atoms with Gasteiger partial charge in [0.2, 0.25) is 10.0 Å². The normalized spacial score (nSPS) is 11.7. The van der Waals surface area contributed by atoms with Gasteiger partial charge in [-0.2, -0.15) is 0 Å². The van der Waals surface area contributed by atoms with E-state index in [2.05, 4.69) is 9.71 Å². The third-order valence-corrected chi connectivity index (χ3v) is 4.88. The number of nitrogens with one attached hydrogen (secondary N) is 2. The second-order valence-electron chi connectivity index (χ2n) is 4.94. The summed E-state index contributed by atoms with van der Waals surface area (Å²) < 4.78 is 27.1. The lowest BCUT2D eigenvalue weighted by Crippen LogP contribution is -2.23. The first-order valence-electron chi connectivity index (χ1n) is 6.76. The summed E-state index contributed by atoms with van der Waals surface area (Å²) in [6.45, 7) is 0.0974. The maximum atomic E-state index is 12.3. The maximum Gasteiger partial charge on any atom is 0.270 e. The fraction of sp³-hybridized carbons (Fsp3) is 0.0667. The Balaban J connectivity index is 1.86. The predicted octanol–water partition coefficient (Wildman–Crippen LogP) is 2.55. The standard InChI is InChI=1S/C15H13N3O4S/c19-18(20)12-4-2-5-13(9-12)23(21,22)17-10-11-3-1-6-15-14(11)7-8-16-15/h1-9,16-17H,10H2. The van der Waals surface area contributed by atoms with Gasteiger partial charge in [0.1, 0.15) is 0 Å². The number of H-pyrrole nitrogens is 1. The van der Waals surface area contributed by atoms with Gasteiger partial charge in [-0.05, 0) is 23.8 Å². The summed E-state index contributed by atoms with van der Waals surface area (Å²) in [6, 6.07) is 12.4. The molecule has 8 heteroatoms. The van der Waals surface area contributed by atoms with E-state index in [-0.39, 0.29) is 17.1 Å². The highest BCUT2D eigenvalue weighted by Crippen LogP contribution is 2.20. The monoisotopic (exact) mass is 331 g/mol. The smallest absolute Gasteiger partial charge is 0.270 e. The molecule has 0 aliphatic carbocycles. The van der Waals surface area contributed by atoms with Crippen LogP contribution in [-0.2, 0) is 16.6 Å². The lowest BCUT2D eigenvalue weighted by atomic mass is 10.1. The first-order valence-corrected chi connectivity index (χ1v) is 8.25. The van der Waals surface area contributed by atoms with Crippen molar-refractivity contribution >= 4 is 26.6 Å². The van der Waals surface area contributed by atoms with E-state index in [1.807, 2.05) is 24.3 Å². The van der Waals surface area contributed by atoms with Crippen LogP contribution in [0, 0.1) is 10.1 Å². The molecule has 0 atom stereocenters. The molecule has 1 heterocycles. The van der Waals surface area contributed by atoms with Crippen LogP contribution >= 0.6 is 0 Å². The van der Waals surface area contributed by atoms with Crippen LogP contribution in [0.2, 0.25) is 0 Å². The molecule has 7 nitrogen and oxygen atoms in total. The average molecular weight is 331 g/mol. The first-order chi connectivity index (χ1) is 11.0. The maximum absolute atomic E-state index is 12.3. The highest BCUT2D eigenvalue weighted by molar-refractivity contribution is 7.89. The number of fused-ring (bicyclic) bond motifs is 1. The summed E-state index contributed by atoms with van der Waals surface area (Å²) in [5.74, 6) is 0. The highest BCUT2D eigenvalue weighted by atomic mass is 32.2. The first kappa shape index (κ1) is 15.2. The van der Waals surface area contributed by atoms with Crippen molar-refractivity contribution in [2.45, 2.75) is 11.4 Å². The van der Waals surface area contributed by atoms with Crippen molar-refractivity contribution in [1.82, 2.24) is 9.71 Å². The molecule has 0 aliphatic heterocycles. The van der Waals surface area contributed by atoms with E-state index < -0.39 is 14.9 Å². The van der Waals surface area contributed by atoms with Crippen LogP contribution < -0.4 is 4.72 Å². The van der Waals surface area contributed by atoms with E-state index in [0.29, 0.717) is 0 Å². The second-order valence-corrected chi connectivity index (χ2v) is 6.70. The summed E-state index contributed by atoms with van der Waals surface area (Å²) in [5.41, 5.74) is 1.47. The van der Waals surface area contributed by atoms with Crippen molar-refractivity contribution < 1.29 is 13.3 Å². The Morgan fingerprint density at radius 1 is 1.13 bits per heavy atom. The van der Waals surface area contributed by atoms with E-state index in [9.17, 15) is 18.5 Å². The molecule has 0 aliphatic rings. The Bertz CT molecular complexity index is 979. The third kappa shape index (κ3) is 3.08. The minimum atomic E-state index is -3.83. The molecule has 0 bridgehead atoms. The predicted molar refractivity (Wildman–Crippen MR) is 85.4 cm³/mol. The molecule has 0 fully saturated rings. The van der Waals surface area contributed by atoms with Gasteiger partial charge in [-0.3, -0.25) is 10.1 Å². The number of rotatable bonds is 5. The van der Waals surface area contributed by atoms with Gasteiger partial charge in [-0.1, -0.05) is 18.2 Å². The molecule has 0 saturated heterocycles. The number of hydrogen-bond acceptors (Lipinski definition) is 4. The zero-order valence-electron chi connectivity index (χ0n) is 11.9. The van der Waals surface area contributed by atoms with Gasteiger partial charge in [0.15, 0.2) is 0 Å². The molecule has 0 radical (unpaired) electrons. The van der Waals surface area contributed by atoms with E-state index in [0.717, 1.165) is 22.5 Å². The molecule has 1 aromatic heterocycles. The number of hydrogen-bond donors (Lipinski definition) is 2. The number of aromatic nitrogens is 1. The number of nitro groups is 1. The Labute approximate surface area is 132 Å². The van der Waals surface area contributed by atoms with Gasteiger partial charge < -0.3 is 4.98 Å². The number of aromatic amines is 1. The lowest BCUT2D eigenvalue weighted by Gasteiger charge is -2.08. The van der Waals surface area contributed by atoms with Crippen LogP contribution in [0.25, 0.3) is 10.9 Å². The summed E-state index contributed by atoms with van der Waals surface area (Å²) in [4.78, 5) is 13.1. The van der Waals surface area contributed by atoms with Gasteiger partial charge in [0, 0.05) is 35.8 Å². The van der Waals surface area contributed by atoms with E-state index in [1.54, 1.807) is 6.20 Å². The van der Waals surface area contributed by atoms with Gasteiger partial charge in [0.05, 0.1) is 9.82 Å². The Hall–Kier alpha value is -2.71.